The Morgan fingerprint density at radius 3 is 2.36 bits per heavy atom. The molecule has 0 radical (unpaired) electrons. The fourth-order valence-corrected chi connectivity index (χ4v) is 2.16. The van der Waals surface area contributed by atoms with Gasteiger partial charge in [-0.05, 0) is 29.5 Å². The first-order valence-corrected chi connectivity index (χ1v) is 4.96. The number of nitrogens with two attached hydrogens (primary N) is 1. The van der Waals surface area contributed by atoms with Crippen LogP contribution in [0.15, 0.2) is 18.2 Å². The monoisotopic (exact) mass is 193 g/mol. The molecule has 1 aromatic carbocycles. The molecule has 2 atom stereocenters. The normalized spacial score (nSPS) is 28.9. The molecule has 2 heteroatoms. The van der Waals surface area contributed by atoms with Crippen molar-refractivity contribution in [1.29, 1.82) is 0 Å². The van der Waals surface area contributed by atoms with Crippen LogP contribution < -0.4 is 5.73 Å². The van der Waals surface area contributed by atoms with Crippen LogP contribution >= 0.6 is 0 Å². The van der Waals surface area contributed by atoms with Gasteiger partial charge in [-0.2, -0.15) is 0 Å². The van der Waals surface area contributed by atoms with Crippen LogP contribution in [0.1, 0.15) is 30.9 Å². The van der Waals surface area contributed by atoms with E-state index >= 15 is 0 Å². The second-order valence-corrected chi connectivity index (χ2v) is 4.85. The average Bonchev–Trinajstić information content (AvgIpc) is 2.54. The van der Waals surface area contributed by atoms with Crippen LogP contribution in [0.5, 0.6) is 0 Å². The van der Waals surface area contributed by atoms with Gasteiger partial charge >= 0.3 is 0 Å². The zero-order valence-corrected chi connectivity index (χ0v) is 8.84. The molecule has 0 unspecified atom stereocenters. The maximum atomic E-state index is 13.6. The molecule has 1 aliphatic rings. The highest BCUT2D eigenvalue weighted by atomic mass is 19.1. The van der Waals surface area contributed by atoms with Crippen LogP contribution in [0, 0.1) is 18.2 Å². The lowest BCUT2D eigenvalue weighted by molar-refractivity contribution is 0.570. The van der Waals surface area contributed by atoms with E-state index in [1.54, 1.807) is 6.07 Å². The SMILES string of the molecule is Cc1ccc([C@H]2[C@H](N)C2(C)C)c(F)c1. The highest BCUT2D eigenvalue weighted by Gasteiger charge is 2.56. The summed E-state index contributed by atoms with van der Waals surface area (Å²) in [4.78, 5) is 0. The molecule has 1 aliphatic carbocycles. The summed E-state index contributed by atoms with van der Waals surface area (Å²) in [7, 11) is 0. The Morgan fingerprint density at radius 1 is 1.36 bits per heavy atom. The minimum atomic E-state index is -0.115. The largest absolute Gasteiger partial charge is 0.327 e. The average molecular weight is 193 g/mol. The van der Waals surface area contributed by atoms with Crippen molar-refractivity contribution < 1.29 is 4.39 Å². The van der Waals surface area contributed by atoms with Crippen molar-refractivity contribution in [3.63, 3.8) is 0 Å². The van der Waals surface area contributed by atoms with Gasteiger partial charge in [-0.3, -0.25) is 0 Å². The van der Waals surface area contributed by atoms with Crippen molar-refractivity contribution in [3.8, 4) is 0 Å². The van der Waals surface area contributed by atoms with E-state index in [-0.39, 0.29) is 23.2 Å². The summed E-state index contributed by atoms with van der Waals surface area (Å²) in [6, 6.07) is 5.49. The Bertz CT molecular complexity index is 371. The number of aryl methyl sites for hydroxylation is 1. The van der Waals surface area contributed by atoms with E-state index in [0.717, 1.165) is 11.1 Å². The molecule has 1 aromatic rings. The highest BCUT2D eigenvalue weighted by Crippen LogP contribution is 2.57. The maximum absolute atomic E-state index is 13.6. The van der Waals surface area contributed by atoms with Crippen molar-refractivity contribution in [3.05, 3.63) is 35.1 Å². The predicted molar refractivity (Wildman–Crippen MR) is 55.6 cm³/mol. The van der Waals surface area contributed by atoms with Gasteiger partial charge in [0.1, 0.15) is 5.82 Å². The Kier molecular flexibility index (Phi) is 1.93. The molecule has 0 saturated heterocycles. The summed E-state index contributed by atoms with van der Waals surface area (Å²) < 4.78 is 13.6. The molecule has 0 aromatic heterocycles. The van der Waals surface area contributed by atoms with Crippen LogP contribution in [0.4, 0.5) is 4.39 Å². The summed E-state index contributed by atoms with van der Waals surface area (Å²) in [5, 5.41) is 0. The number of hydrogen-bond donors (Lipinski definition) is 1. The summed E-state index contributed by atoms with van der Waals surface area (Å²) in [5.74, 6) is 0.0686. The Morgan fingerprint density at radius 2 is 1.93 bits per heavy atom. The van der Waals surface area contributed by atoms with E-state index in [2.05, 4.69) is 13.8 Å². The third kappa shape index (κ3) is 1.25. The lowest BCUT2D eigenvalue weighted by Gasteiger charge is -2.05. The Balaban J connectivity index is 2.36. The van der Waals surface area contributed by atoms with Gasteiger partial charge in [-0.1, -0.05) is 26.0 Å². The fourth-order valence-electron chi connectivity index (χ4n) is 2.16. The molecular weight excluding hydrogens is 177 g/mol. The third-order valence-corrected chi connectivity index (χ3v) is 3.40. The lowest BCUT2D eigenvalue weighted by atomic mass is 10.0. The molecule has 0 heterocycles. The molecule has 14 heavy (non-hydrogen) atoms. The second-order valence-electron chi connectivity index (χ2n) is 4.85. The van der Waals surface area contributed by atoms with Crippen LogP contribution in [-0.4, -0.2) is 6.04 Å². The minimum absolute atomic E-state index is 0.0517. The van der Waals surface area contributed by atoms with Crippen molar-refractivity contribution in [1.82, 2.24) is 0 Å². The number of hydrogen-bond acceptors (Lipinski definition) is 1. The number of benzene rings is 1. The summed E-state index contributed by atoms with van der Waals surface area (Å²) >= 11 is 0. The molecule has 76 valence electrons. The molecule has 0 bridgehead atoms. The van der Waals surface area contributed by atoms with E-state index < -0.39 is 0 Å². The first kappa shape index (κ1) is 9.66. The minimum Gasteiger partial charge on any atom is -0.327 e. The molecule has 1 saturated carbocycles. The summed E-state index contributed by atoms with van der Waals surface area (Å²) in [5.41, 5.74) is 7.70. The highest BCUT2D eigenvalue weighted by molar-refractivity contribution is 5.36. The van der Waals surface area contributed by atoms with Crippen molar-refractivity contribution in [2.75, 3.05) is 0 Å². The van der Waals surface area contributed by atoms with Gasteiger partial charge in [-0.15, -0.1) is 0 Å². The van der Waals surface area contributed by atoms with Gasteiger partial charge in [0.25, 0.3) is 0 Å². The fraction of sp³-hybridized carbons (Fsp3) is 0.500. The van der Waals surface area contributed by atoms with E-state index in [4.69, 9.17) is 5.73 Å². The Labute approximate surface area is 84.1 Å². The van der Waals surface area contributed by atoms with Crippen LogP contribution in [-0.2, 0) is 0 Å². The molecule has 0 spiro atoms. The van der Waals surface area contributed by atoms with E-state index in [0.29, 0.717) is 0 Å². The zero-order valence-electron chi connectivity index (χ0n) is 8.84. The molecule has 0 aliphatic heterocycles. The lowest BCUT2D eigenvalue weighted by Crippen LogP contribution is -2.06. The maximum Gasteiger partial charge on any atom is 0.127 e. The first-order chi connectivity index (χ1) is 6.44. The van der Waals surface area contributed by atoms with E-state index in [1.807, 2.05) is 19.1 Å². The standard InChI is InChI=1S/C12H16FN/c1-7-4-5-8(9(13)6-7)10-11(14)12(10,2)3/h4-6,10-11H,14H2,1-3H3/t10-,11-/m0/s1. The van der Waals surface area contributed by atoms with Gasteiger partial charge < -0.3 is 5.73 Å². The molecular formula is C12H16FN. The Hall–Kier alpha value is -0.890. The number of rotatable bonds is 1. The summed E-state index contributed by atoms with van der Waals surface area (Å²) in [6.45, 7) is 6.06. The summed E-state index contributed by atoms with van der Waals surface area (Å²) in [6.07, 6.45) is 0. The van der Waals surface area contributed by atoms with Crippen molar-refractivity contribution >= 4 is 0 Å². The van der Waals surface area contributed by atoms with Gasteiger partial charge in [-0.25, -0.2) is 4.39 Å². The third-order valence-electron chi connectivity index (χ3n) is 3.40. The molecule has 0 amide bonds. The molecule has 1 nitrogen and oxygen atoms in total. The molecule has 1 fully saturated rings. The van der Waals surface area contributed by atoms with Crippen molar-refractivity contribution in [2.24, 2.45) is 11.1 Å². The zero-order chi connectivity index (χ0) is 10.5. The second kappa shape index (κ2) is 2.80. The van der Waals surface area contributed by atoms with E-state index in [1.165, 1.54) is 0 Å². The van der Waals surface area contributed by atoms with Crippen LogP contribution in [0.25, 0.3) is 0 Å². The van der Waals surface area contributed by atoms with E-state index in [9.17, 15) is 4.39 Å². The van der Waals surface area contributed by atoms with Gasteiger partial charge in [0.15, 0.2) is 0 Å². The quantitative estimate of drug-likeness (QED) is 0.729. The van der Waals surface area contributed by atoms with Crippen molar-refractivity contribution in [2.45, 2.75) is 32.7 Å². The van der Waals surface area contributed by atoms with Crippen LogP contribution in [0.2, 0.25) is 0 Å². The topological polar surface area (TPSA) is 26.0 Å². The molecule has 2 N–H and O–H groups in total. The first-order valence-electron chi connectivity index (χ1n) is 4.96. The van der Waals surface area contributed by atoms with Gasteiger partial charge in [0.2, 0.25) is 0 Å². The van der Waals surface area contributed by atoms with Gasteiger partial charge in [0, 0.05) is 12.0 Å². The number of halogens is 1. The predicted octanol–water partition coefficient (Wildman–Crippen LogP) is 2.58. The molecule has 2 rings (SSSR count). The smallest absolute Gasteiger partial charge is 0.127 e. The van der Waals surface area contributed by atoms with Crippen LogP contribution in [0.3, 0.4) is 0 Å². The van der Waals surface area contributed by atoms with Gasteiger partial charge in [0.05, 0.1) is 0 Å².